The first-order chi connectivity index (χ1) is 13.4. The predicted octanol–water partition coefficient (Wildman–Crippen LogP) is 4.34. The van der Waals surface area contributed by atoms with Gasteiger partial charge in [0.1, 0.15) is 16.5 Å². The molecule has 1 aromatic carbocycles. The van der Waals surface area contributed by atoms with E-state index in [-0.39, 0.29) is 5.25 Å². The topological polar surface area (TPSA) is 95.4 Å². The second kappa shape index (κ2) is 7.14. The van der Waals surface area contributed by atoms with Crippen LogP contribution in [0.25, 0.3) is 15.9 Å². The number of anilines is 1. The van der Waals surface area contributed by atoms with E-state index in [9.17, 15) is 0 Å². The van der Waals surface area contributed by atoms with Crippen LogP contribution in [0.1, 0.15) is 39.6 Å². The summed E-state index contributed by atoms with van der Waals surface area (Å²) in [5.41, 5.74) is 10.6. The van der Waals surface area contributed by atoms with E-state index in [2.05, 4.69) is 60.3 Å². The third kappa shape index (κ3) is 3.14. The lowest BCUT2D eigenvalue weighted by molar-refractivity contribution is 0.745. The summed E-state index contributed by atoms with van der Waals surface area (Å²) in [5, 5.41) is 13.9. The average Bonchev–Trinajstić information content (AvgIpc) is 3.19. The van der Waals surface area contributed by atoms with Crippen LogP contribution in [0, 0.1) is 27.7 Å². The zero-order chi connectivity index (χ0) is 20.0. The largest absolute Gasteiger partial charge is 0.383 e. The van der Waals surface area contributed by atoms with E-state index in [1.807, 2.05) is 13.0 Å². The number of thioether (sulfide) groups is 1. The van der Waals surface area contributed by atoms with E-state index >= 15 is 0 Å². The molecule has 3 aromatic heterocycles. The molecular formula is C19H21N7S2. The molecular weight excluding hydrogens is 390 g/mol. The number of thiophene rings is 1. The van der Waals surface area contributed by atoms with Gasteiger partial charge in [0.25, 0.3) is 0 Å². The number of nitrogens with two attached hydrogens (primary N) is 1. The number of rotatable bonds is 4. The van der Waals surface area contributed by atoms with Gasteiger partial charge in [0, 0.05) is 4.88 Å². The number of fused-ring (bicyclic) bond motifs is 1. The number of nitrogen functional groups attached to an aromatic ring is 1. The highest BCUT2D eigenvalue weighted by Crippen LogP contribution is 2.37. The Labute approximate surface area is 171 Å². The van der Waals surface area contributed by atoms with Crippen molar-refractivity contribution in [2.75, 3.05) is 5.73 Å². The van der Waals surface area contributed by atoms with Crippen LogP contribution in [-0.4, -0.2) is 30.2 Å². The number of tetrazole rings is 1. The molecule has 0 fully saturated rings. The summed E-state index contributed by atoms with van der Waals surface area (Å²) >= 11 is 3.17. The smallest absolute Gasteiger partial charge is 0.214 e. The Morgan fingerprint density at radius 3 is 2.54 bits per heavy atom. The van der Waals surface area contributed by atoms with Crippen LogP contribution in [0.2, 0.25) is 0 Å². The Morgan fingerprint density at radius 2 is 1.82 bits per heavy atom. The minimum atomic E-state index is -0.0523. The molecule has 0 amide bonds. The zero-order valence-corrected chi connectivity index (χ0v) is 18.0. The van der Waals surface area contributed by atoms with Crippen molar-refractivity contribution in [2.24, 2.45) is 0 Å². The van der Waals surface area contributed by atoms with Gasteiger partial charge >= 0.3 is 0 Å². The van der Waals surface area contributed by atoms with Crippen LogP contribution in [0.15, 0.2) is 23.4 Å². The first-order valence-electron chi connectivity index (χ1n) is 8.91. The summed E-state index contributed by atoms with van der Waals surface area (Å²) in [6, 6.07) is 6.15. The van der Waals surface area contributed by atoms with Gasteiger partial charge in [-0.1, -0.05) is 30.0 Å². The van der Waals surface area contributed by atoms with Crippen LogP contribution < -0.4 is 5.73 Å². The summed E-state index contributed by atoms with van der Waals surface area (Å²) in [6.07, 6.45) is 0. The molecule has 28 heavy (non-hydrogen) atoms. The van der Waals surface area contributed by atoms with Gasteiger partial charge in [0.05, 0.1) is 16.3 Å². The maximum absolute atomic E-state index is 6.24. The minimum Gasteiger partial charge on any atom is -0.383 e. The van der Waals surface area contributed by atoms with Gasteiger partial charge in [-0.25, -0.2) is 9.97 Å². The molecule has 2 N–H and O–H groups in total. The molecule has 0 aliphatic rings. The van der Waals surface area contributed by atoms with Crippen LogP contribution in [0.5, 0.6) is 0 Å². The second-order valence-electron chi connectivity index (χ2n) is 6.80. The van der Waals surface area contributed by atoms with Crippen LogP contribution >= 0.6 is 23.1 Å². The lowest BCUT2D eigenvalue weighted by Crippen LogP contribution is -2.06. The number of aromatic nitrogens is 6. The standard InChI is InChI=1S/C19H21N7S2/c1-9-7-6-8-10(2)15(9)26-19(23-24-25-26)28-13(5)17-21-16(20)14-11(3)12(4)27-18(14)22-17/h6-8,13H,1-5H3,(H2,20,21,22). The second-order valence-corrected chi connectivity index (χ2v) is 9.32. The molecule has 0 spiro atoms. The maximum Gasteiger partial charge on any atom is 0.214 e. The molecule has 0 aliphatic heterocycles. The summed E-state index contributed by atoms with van der Waals surface area (Å²) in [6.45, 7) is 10.3. The third-order valence-electron chi connectivity index (χ3n) is 4.81. The molecule has 144 valence electrons. The minimum absolute atomic E-state index is 0.0523. The summed E-state index contributed by atoms with van der Waals surface area (Å²) < 4.78 is 1.78. The molecule has 0 saturated heterocycles. The Kier molecular flexibility index (Phi) is 4.80. The van der Waals surface area contributed by atoms with E-state index in [0.717, 1.165) is 32.6 Å². The van der Waals surface area contributed by atoms with Gasteiger partial charge in [-0.2, -0.15) is 4.68 Å². The van der Waals surface area contributed by atoms with Crippen molar-refractivity contribution in [3.05, 3.63) is 45.6 Å². The fourth-order valence-corrected chi connectivity index (χ4v) is 5.11. The van der Waals surface area contributed by atoms with E-state index in [0.29, 0.717) is 16.8 Å². The molecule has 0 aliphatic carbocycles. The number of benzene rings is 1. The monoisotopic (exact) mass is 411 g/mol. The molecule has 1 unspecified atom stereocenters. The van der Waals surface area contributed by atoms with Gasteiger partial charge in [-0.05, 0) is 61.7 Å². The van der Waals surface area contributed by atoms with Crippen molar-refractivity contribution in [1.29, 1.82) is 0 Å². The Balaban J connectivity index is 1.70. The SMILES string of the molecule is Cc1cccc(C)c1-n1nnnc1SC(C)c1nc(N)c2c(C)c(C)sc2n1. The summed E-state index contributed by atoms with van der Waals surface area (Å²) in [5.74, 6) is 1.22. The molecule has 9 heteroatoms. The molecule has 0 radical (unpaired) electrons. The lowest BCUT2D eigenvalue weighted by Gasteiger charge is -2.13. The summed E-state index contributed by atoms with van der Waals surface area (Å²) in [7, 11) is 0. The number of hydrogen-bond donors (Lipinski definition) is 1. The highest BCUT2D eigenvalue weighted by Gasteiger charge is 2.21. The average molecular weight is 412 g/mol. The molecule has 0 saturated carbocycles. The number of hydrogen-bond acceptors (Lipinski definition) is 8. The highest BCUT2D eigenvalue weighted by molar-refractivity contribution is 7.99. The summed E-state index contributed by atoms with van der Waals surface area (Å²) in [4.78, 5) is 11.5. The van der Waals surface area contributed by atoms with Crippen LogP contribution in [-0.2, 0) is 0 Å². The highest BCUT2D eigenvalue weighted by atomic mass is 32.2. The van der Waals surface area contributed by atoms with Crippen LogP contribution in [0.3, 0.4) is 0 Å². The van der Waals surface area contributed by atoms with Crippen molar-refractivity contribution >= 4 is 39.1 Å². The van der Waals surface area contributed by atoms with E-state index in [1.54, 1.807) is 16.0 Å². The maximum atomic E-state index is 6.24. The third-order valence-corrected chi connectivity index (χ3v) is 6.94. The molecule has 3 heterocycles. The first-order valence-corrected chi connectivity index (χ1v) is 10.6. The van der Waals surface area contributed by atoms with Crippen LogP contribution in [0.4, 0.5) is 5.82 Å². The number of para-hydroxylation sites is 1. The molecule has 0 bridgehead atoms. The van der Waals surface area contributed by atoms with Gasteiger partial charge in [-0.15, -0.1) is 16.4 Å². The van der Waals surface area contributed by atoms with Gasteiger partial charge in [0.15, 0.2) is 0 Å². The normalized spacial score (nSPS) is 12.6. The zero-order valence-electron chi connectivity index (χ0n) is 16.4. The quantitative estimate of drug-likeness (QED) is 0.499. The van der Waals surface area contributed by atoms with Crippen molar-refractivity contribution in [3.63, 3.8) is 0 Å². The molecule has 4 aromatic rings. The fraction of sp³-hybridized carbons (Fsp3) is 0.316. The van der Waals surface area contributed by atoms with E-state index in [4.69, 9.17) is 10.7 Å². The Morgan fingerprint density at radius 1 is 1.11 bits per heavy atom. The van der Waals surface area contributed by atoms with Crippen molar-refractivity contribution in [2.45, 2.75) is 45.0 Å². The number of aryl methyl sites for hydroxylation is 4. The van der Waals surface area contributed by atoms with Crippen molar-refractivity contribution in [1.82, 2.24) is 30.2 Å². The van der Waals surface area contributed by atoms with E-state index in [1.165, 1.54) is 16.6 Å². The number of nitrogens with zero attached hydrogens (tertiary/aromatic N) is 6. The van der Waals surface area contributed by atoms with Gasteiger partial charge in [0.2, 0.25) is 5.16 Å². The predicted molar refractivity (Wildman–Crippen MR) is 114 cm³/mol. The lowest BCUT2D eigenvalue weighted by atomic mass is 10.1. The molecule has 4 rings (SSSR count). The molecule has 7 nitrogen and oxygen atoms in total. The van der Waals surface area contributed by atoms with Gasteiger partial charge in [-0.3, -0.25) is 0 Å². The Bertz CT molecular complexity index is 1160. The fourth-order valence-electron chi connectivity index (χ4n) is 3.22. The first kappa shape index (κ1) is 18.8. The van der Waals surface area contributed by atoms with Crippen molar-refractivity contribution in [3.8, 4) is 5.69 Å². The molecule has 1 atom stereocenters. The van der Waals surface area contributed by atoms with Gasteiger partial charge < -0.3 is 5.73 Å². The Hall–Kier alpha value is -2.52. The van der Waals surface area contributed by atoms with Crippen molar-refractivity contribution < 1.29 is 0 Å². The van der Waals surface area contributed by atoms with E-state index < -0.39 is 0 Å².